The lowest BCUT2D eigenvalue weighted by molar-refractivity contribution is -0.136. The second-order valence-corrected chi connectivity index (χ2v) is 12.3. The number of hydrogen-bond donors (Lipinski definition) is 0. The van der Waals surface area contributed by atoms with Crippen molar-refractivity contribution in [3.8, 4) is 5.75 Å². The number of halogens is 1. The lowest BCUT2D eigenvalue weighted by atomic mass is 9.74. The van der Waals surface area contributed by atoms with E-state index in [-0.39, 0.29) is 46.2 Å². The molecular weight excluding hydrogens is 486 g/mol. The molecule has 196 valence electrons. The van der Waals surface area contributed by atoms with Gasteiger partial charge in [0.2, 0.25) is 0 Å². The maximum Gasteiger partial charge on any atom is 0.290 e. The summed E-state index contributed by atoms with van der Waals surface area (Å²) in [4.78, 5) is 29.5. The number of Topliss-reactive ketones (excluding diaryl/α,β-unsaturated/α-hetero) is 1. The number of carbonyl (C=O) groups excluding carboxylic acids is 2. The summed E-state index contributed by atoms with van der Waals surface area (Å²) < 4.78 is 11.6. The molecule has 1 fully saturated rings. The van der Waals surface area contributed by atoms with Gasteiger partial charge in [0, 0.05) is 11.9 Å². The second-order valence-electron chi connectivity index (χ2n) is 11.7. The Kier molecular flexibility index (Phi) is 6.86. The van der Waals surface area contributed by atoms with Gasteiger partial charge >= 0.3 is 0 Å². The first-order chi connectivity index (χ1) is 17.6. The summed E-state index contributed by atoms with van der Waals surface area (Å²) in [6.07, 6.45) is 1.64. The van der Waals surface area contributed by atoms with E-state index < -0.39 is 6.04 Å². The summed E-state index contributed by atoms with van der Waals surface area (Å²) in [5.74, 6) is 0.800. The maximum atomic E-state index is 13.9. The molecule has 0 radical (unpaired) electrons. The predicted octanol–water partition coefficient (Wildman–Crippen LogP) is 5.99. The molecule has 0 aromatic heterocycles. The van der Waals surface area contributed by atoms with Gasteiger partial charge in [0.15, 0.2) is 11.5 Å². The molecule has 5 unspecified atom stereocenters. The van der Waals surface area contributed by atoms with Crippen LogP contribution >= 0.6 is 11.6 Å². The molecule has 0 spiro atoms. The van der Waals surface area contributed by atoms with Crippen LogP contribution in [0, 0.1) is 11.8 Å². The average molecular weight is 522 g/mol. The molecule has 37 heavy (non-hydrogen) atoms. The Bertz CT molecular complexity index is 1210. The maximum absolute atomic E-state index is 13.9. The number of rotatable bonds is 5. The van der Waals surface area contributed by atoms with Crippen LogP contribution in [-0.2, 0) is 26.2 Å². The van der Waals surface area contributed by atoms with Crippen LogP contribution in [0.25, 0.3) is 0 Å². The zero-order chi connectivity index (χ0) is 26.5. The number of nitrogens with zero attached hydrogens (tertiary/aromatic N) is 1. The molecular formula is C31H36ClNO4. The van der Waals surface area contributed by atoms with Gasteiger partial charge in [-0.25, -0.2) is 0 Å². The Morgan fingerprint density at radius 3 is 2.32 bits per heavy atom. The van der Waals surface area contributed by atoms with Crippen molar-refractivity contribution < 1.29 is 19.1 Å². The van der Waals surface area contributed by atoms with Gasteiger partial charge in [0.25, 0.3) is 5.91 Å². The van der Waals surface area contributed by atoms with E-state index in [1.807, 2.05) is 29.2 Å². The Labute approximate surface area is 224 Å². The van der Waals surface area contributed by atoms with Crippen LogP contribution in [0.4, 0.5) is 0 Å². The number of fused-ring (bicyclic) bond motifs is 1. The molecule has 1 saturated carbocycles. The van der Waals surface area contributed by atoms with Crippen molar-refractivity contribution in [1.29, 1.82) is 0 Å². The molecule has 1 amide bonds. The molecule has 3 aliphatic rings. The molecule has 5 nitrogen and oxygen atoms in total. The number of alkyl halides is 1. The number of methoxy groups -OCH3 is 1. The zero-order valence-corrected chi connectivity index (χ0v) is 23.0. The average Bonchev–Trinajstić information content (AvgIpc) is 3.15. The van der Waals surface area contributed by atoms with Crippen LogP contribution in [0.3, 0.4) is 0 Å². The van der Waals surface area contributed by atoms with Crippen molar-refractivity contribution in [2.45, 2.75) is 69.9 Å². The van der Waals surface area contributed by atoms with E-state index in [4.69, 9.17) is 21.1 Å². The Hall–Kier alpha value is -2.79. The van der Waals surface area contributed by atoms with E-state index in [0.717, 1.165) is 16.9 Å². The topological polar surface area (TPSA) is 55.8 Å². The third-order valence-corrected chi connectivity index (χ3v) is 8.81. The first kappa shape index (κ1) is 25.8. The molecule has 6 heteroatoms. The number of carbonyl (C=O) groups is 2. The highest BCUT2D eigenvalue weighted by Crippen LogP contribution is 2.48. The Morgan fingerprint density at radius 1 is 1.03 bits per heavy atom. The standard InChI is InChI=1S/C31H36ClNO4/c1-18-16-25-23(17-24(18)32)28(34)26-27(20-8-10-21(11-9-20)31(2,3)4)33(30(35)29(26)37-25)15-14-19-6-12-22(36-5)13-7-19/h6-13,18,23-25,27H,14-17H2,1-5H3. The molecule has 2 aromatic carbocycles. The van der Waals surface area contributed by atoms with Gasteiger partial charge in [-0.2, -0.15) is 0 Å². The molecule has 0 N–H and O–H groups in total. The minimum absolute atomic E-state index is 0.00759. The summed E-state index contributed by atoms with van der Waals surface area (Å²) in [5.41, 5.74) is 3.75. The third kappa shape index (κ3) is 4.79. The lowest BCUT2D eigenvalue weighted by Crippen LogP contribution is -2.44. The van der Waals surface area contributed by atoms with E-state index in [1.165, 1.54) is 5.56 Å². The Balaban J connectivity index is 1.49. The first-order valence-electron chi connectivity index (χ1n) is 13.2. The number of hydrogen-bond acceptors (Lipinski definition) is 4. The van der Waals surface area contributed by atoms with E-state index in [0.29, 0.717) is 31.4 Å². The summed E-state index contributed by atoms with van der Waals surface area (Å²) in [6.45, 7) is 9.09. The van der Waals surface area contributed by atoms with Gasteiger partial charge < -0.3 is 14.4 Å². The van der Waals surface area contributed by atoms with Crippen molar-refractivity contribution in [1.82, 2.24) is 4.90 Å². The van der Waals surface area contributed by atoms with Crippen molar-refractivity contribution in [3.63, 3.8) is 0 Å². The highest BCUT2D eigenvalue weighted by molar-refractivity contribution is 6.21. The van der Waals surface area contributed by atoms with E-state index in [2.05, 4.69) is 52.0 Å². The molecule has 0 saturated heterocycles. The van der Waals surface area contributed by atoms with Crippen LogP contribution in [0.1, 0.15) is 63.3 Å². The van der Waals surface area contributed by atoms with Gasteiger partial charge in [-0.15, -0.1) is 11.6 Å². The molecule has 0 bridgehead atoms. The first-order valence-corrected chi connectivity index (χ1v) is 13.7. The zero-order valence-electron chi connectivity index (χ0n) is 22.3. The van der Waals surface area contributed by atoms with E-state index in [9.17, 15) is 9.59 Å². The van der Waals surface area contributed by atoms with Crippen molar-refractivity contribution >= 4 is 23.3 Å². The minimum Gasteiger partial charge on any atom is -0.497 e. The number of ketones is 1. The quantitative estimate of drug-likeness (QED) is 0.453. The fourth-order valence-electron chi connectivity index (χ4n) is 5.85. The number of amides is 1. The van der Waals surface area contributed by atoms with E-state index >= 15 is 0 Å². The minimum atomic E-state index is -0.462. The smallest absolute Gasteiger partial charge is 0.290 e. The Morgan fingerprint density at radius 2 is 1.70 bits per heavy atom. The highest BCUT2D eigenvalue weighted by atomic mass is 35.5. The predicted molar refractivity (Wildman–Crippen MR) is 145 cm³/mol. The number of ether oxygens (including phenoxy) is 2. The van der Waals surface area contributed by atoms with Crippen LogP contribution < -0.4 is 4.74 Å². The molecule has 2 heterocycles. The van der Waals surface area contributed by atoms with Gasteiger partial charge in [-0.05, 0) is 59.4 Å². The summed E-state index contributed by atoms with van der Waals surface area (Å²) in [7, 11) is 1.64. The van der Waals surface area contributed by atoms with Gasteiger partial charge in [0.05, 0.1) is 24.6 Å². The van der Waals surface area contributed by atoms with Crippen LogP contribution in [0.15, 0.2) is 59.9 Å². The summed E-state index contributed by atoms with van der Waals surface area (Å²) >= 11 is 6.60. The van der Waals surface area contributed by atoms with Crippen LogP contribution in [0.5, 0.6) is 5.75 Å². The monoisotopic (exact) mass is 521 g/mol. The fraction of sp³-hybridized carbons (Fsp3) is 0.484. The SMILES string of the molecule is COc1ccc(CCN2C(=O)C3=C(C(=O)C4CC(Cl)C(C)CC4O3)C2c2ccc(C(C)(C)C)cc2)cc1. The summed E-state index contributed by atoms with van der Waals surface area (Å²) in [5, 5.41) is -0.0660. The van der Waals surface area contributed by atoms with Gasteiger partial charge in [-0.1, -0.05) is 64.1 Å². The van der Waals surface area contributed by atoms with Crippen LogP contribution in [0.2, 0.25) is 0 Å². The normalized spacial score (nSPS) is 27.6. The summed E-state index contributed by atoms with van der Waals surface area (Å²) in [6, 6.07) is 15.7. The van der Waals surface area contributed by atoms with Crippen molar-refractivity contribution in [3.05, 3.63) is 76.6 Å². The van der Waals surface area contributed by atoms with Crippen molar-refractivity contribution in [2.75, 3.05) is 13.7 Å². The molecule has 2 aliphatic heterocycles. The second kappa shape index (κ2) is 9.83. The number of benzene rings is 2. The van der Waals surface area contributed by atoms with Gasteiger partial charge in [-0.3, -0.25) is 9.59 Å². The third-order valence-electron chi connectivity index (χ3n) is 8.20. The lowest BCUT2D eigenvalue weighted by Gasteiger charge is -2.40. The van der Waals surface area contributed by atoms with Crippen LogP contribution in [-0.4, -0.2) is 41.7 Å². The highest BCUT2D eigenvalue weighted by Gasteiger charge is 2.53. The molecule has 2 aromatic rings. The van der Waals surface area contributed by atoms with E-state index in [1.54, 1.807) is 7.11 Å². The molecule has 1 aliphatic carbocycles. The molecule has 5 rings (SSSR count). The molecule has 5 atom stereocenters. The van der Waals surface area contributed by atoms with Crippen molar-refractivity contribution in [2.24, 2.45) is 11.8 Å². The fourth-order valence-corrected chi connectivity index (χ4v) is 6.14. The largest absolute Gasteiger partial charge is 0.497 e. The van der Waals surface area contributed by atoms with Gasteiger partial charge in [0.1, 0.15) is 11.9 Å².